The molecule has 2 atom stereocenters. The summed E-state index contributed by atoms with van der Waals surface area (Å²) in [4.78, 5) is 0. The zero-order valence-corrected chi connectivity index (χ0v) is 9.71. The van der Waals surface area contributed by atoms with E-state index >= 15 is 0 Å². The summed E-state index contributed by atoms with van der Waals surface area (Å²) in [6.45, 7) is 2.19. The molecule has 0 saturated carbocycles. The van der Waals surface area contributed by atoms with Crippen molar-refractivity contribution in [3.63, 3.8) is 0 Å². The van der Waals surface area contributed by atoms with Crippen LogP contribution in [0.5, 0.6) is 0 Å². The molecule has 2 unspecified atom stereocenters. The Kier molecular flexibility index (Phi) is 2.36. The van der Waals surface area contributed by atoms with Crippen molar-refractivity contribution < 1.29 is 0 Å². The lowest BCUT2D eigenvalue weighted by Gasteiger charge is -2.17. The van der Waals surface area contributed by atoms with Crippen molar-refractivity contribution in [3.8, 4) is 0 Å². The second-order valence-corrected chi connectivity index (χ2v) is 5.37. The van der Waals surface area contributed by atoms with E-state index in [-0.39, 0.29) is 0 Å². The Bertz CT molecular complexity index is 313. The fourth-order valence-corrected chi connectivity index (χ4v) is 2.04. The first-order chi connectivity index (χ1) is 6.16. The number of nitrogens with two attached hydrogens (primary N) is 1. The molecule has 0 fully saturated rings. The van der Waals surface area contributed by atoms with Crippen molar-refractivity contribution in [1.82, 2.24) is 5.32 Å². The fourth-order valence-electron chi connectivity index (χ4n) is 1.68. The lowest BCUT2D eigenvalue weighted by atomic mass is 10.00. The van der Waals surface area contributed by atoms with E-state index < -0.39 is 0 Å². The van der Waals surface area contributed by atoms with Crippen LogP contribution < -0.4 is 11.1 Å². The van der Waals surface area contributed by atoms with Gasteiger partial charge in [0.1, 0.15) is 0 Å². The van der Waals surface area contributed by atoms with Gasteiger partial charge in [-0.05, 0) is 31.1 Å². The van der Waals surface area contributed by atoms with Crippen molar-refractivity contribution in [2.75, 3.05) is 0 Å². The van der Waals surface area contributed by atoms with Gasteiger partial charge in [0.15, 0.2) is 0 Å². The smallest absolute Gasteiger partial charge is 0.0547 e. The quantitative estimate of drug-likeness (QED) is 0.571. The number of hydrogen-bond donors (Lipinski definition) is 2. The number of hydrogen-bond acceptors (Lipinski definition) is 2. The predicted molar refractivity (Wildman–Crippen MR) is 63.5 cm³/mol. The first kappa shape index (κ1) is 9.12. The third-order valence-corrected chi connectivity index (χ3v) is 3.09. The summed E-state index contributed by atoms with van der Waals surface area (Å²) in [7, 11) is 0. The molecule has 2 nitrogen and oxygen atoms in total. The zero-order chi connectivity index (χ0) is 9.42. The van der Waals surface area contributed by atoms with Crippen molar-refractivity contribution in [2.24, 2.45) is 5.73 Å². The van der Waals surface area contributed by atoms with Gasteiger partial charge in [-0.25, -0.2) is 0 Å². The fraction of sp³-hybridized carbons (Fsp3) is 0.400. The molecule has 1 heterocycles. The highest BCUT2D eigenvalue weighted by Gasteiger charge is 2.23. The number of allylic oxidation sites excluding steroid dienone is 2. The molecular formula is C10H13IN2. The van der Waals surface area contributed by atoms with Gasteiger partial charge in [0.05, 0.1) is 6.04 Å². The lowest BCUT2D eigenvalue weighted by Crippen LogP contribution is -2.27. The second kappa shape index (κ2) is 3.36. The summed E-state index contributed by atoms with van der Waals surface area (Å²) in [5.41, 5.74) is 9.28. The van der Waals surface area contributed by atoms with Crippen LogP contribution in [0.4, 0.5) is 0 Å². The Morgan fingerprint density at radius 3 is 3.08 bits per heavy atom. The molecule has 0 aromatic rings. The molecule has 13 heavy (non-hydrogen) atoms. The van der Waals surface area contributed by atoms with E-state index in [2.05, 4.69) is 53.1 Å². The minimum atomic E-state index is 0.472. The number of halogens is 1. The summed E-state index contributed by atoms with van der Waals surface area (Å²) in [6.07, 6.45) is 7.38. The van der Waals surface area contributed by atoms with Crippen molar-refractivity contribution >= 4 is 22.6 Å². The molecule has 0 amide bonds. The van der Waals surface area contributed by atoms with Gasteiger partial charge < -0.3 is 11.1 Å². The zero-order valence-electron chi connectivity index (χ0n) is 7.55. The van der Waals surface area contributed by atoms with Crippen LogP contribution in [0.15, 0.2) is 35.2 Å². The van der Waals surface area contributed by atoms with Gasteiger partial charge in [-0.15, -0.1) is 0 Å². The van der Waals surface area contributed by atoms with Crippen molar-refractivity contribution in [1.29, 1.82) is 0 Å². The Labute approximate surface area is 92.1 Å². The first-order valence-corrected chi connectivity index (χ1v) is 5.71. The molecule has 0 bridgehead atoms. The van der Waals surface area contributed by atoms with Crippen LogP contribution in [0.2, 0.25) is 0 Å². The lowest BCUT2D eigenvalue weighted by molar-refractivity contribution is 0.672. The molecule has 0 saturated heterocycles. The molecule has 0 aromatic heterocycles. The van der Waals surface area contributed by atoms with Gasteiger partial charge in [-0.2, -0.15) is 0 Å². The Balaban J connectivity index is 2.23. The average molecular weight is 288 g/mol. The molecule has 1 aliphatic carbocycles. The summed E-state index contributed by atoms with van der Waals surface area (Å²) in [6, 6.07) is 0.472. The molecule has 0 spiro atoms. The Morgan fingerprint density at radius 1 is 1.62 bits per heavy atom. The average Bonchev–Trinajstić information content (AvgIpc) is 2.46. The molecular weight excluding hydrogens is 275 g/mol. The van der Waals surface area contributed by atoms with Crippen molar-refractivity contribution in [2.45, 2.75) is 23.3 Å². The number of alkyl halides is 1. The first-order valence-electron chi connectivity index (χ1n) is 4.46. The molecule has 0 radical (unpaired) electrons. The van der Waals surface area contributed by atoms with E-state index in [0.717, 1.165) is 12.1 Å². The number of nitrogens with one attached hydrogen (secondary N) is 1. The normalized spacial score (nSPS) is 28.2. The molecule has 0 aromatic carbocycles. The van der Waals surface area contributed by atoms with Crippen LogP contribution in [0.1, 0.15) is 13.3 Å². The monoisotopic (exact) mass is 288 g/mol. The summed E-state index contributed by atoms with van der Waals surface area (Å²) >= 11 is 2.42. The topological polar surface area (TPSA) is 38.0 Å². The molecule has 70 valence electrons. The van der Waals surface area contributed by atoms with E-state index in [1.165, 1.54) is 11.3 Å². The van der Waals surface area contributed by atoms with E-state index in [0.29, 0.717) is 9.97 Å². The van der Waals surface area contributed by atoms with Crippen LogP contribution in [0.3, 0.4) is 0 Å². The van der Waals surface area contributed by atoms with E-state index in [9.17, 15) is 0 Å². The van der Waals surface area contributed by atoms with Gasteiger partial charge in [0, 0.05) is 15.3 Å². The van der Waals surface area contributed by atoms with Gasteiger partial charge in [-0.1, -0.05) is 28.7 Å². The molecule has 2 aliphatic rings. The van der Waals surface area contributed by atoms with E-state index in [1.807, 2.05) is 0 Å². The molecule has 3 N–H and O–H groups in total. The van der Waals surface area contributed by atoms with Crippen LogP contribution >= 0.6 is 22.6 Å². The number of fused-ring (bicyclic) bond motifs is 1. The summed E-state index contributed by atoms with van der Waals surface area (Å²) < 4.78 is 0.547. The van der Waals surface area contributed by atoms with E-state index in [4.69, 9.17) is 5.73 Å². The molecule has 3 heteroatoms. The van der Waals surface area contributed by atoms with Gasteiger partial charge in [0.25, 0.3) is 0 Å². The third-order valence-electron chi connectivity index (χ3n) is 2.42. The highest BCUT2D eigenvalue weighted by Crippen LogP contribution is 2.27. The SMILES string of the molecule is CC(I)C1=CC2=CC(N)=CCC2N1. The molecule has 1 aliphatic heterocycles. The third kappa shape index (κ3) is 1.75. The number of rotatable bonds is 1. The summed E-state index contributed by atoms with van der Waals surface area (Å²) in [5.74, 6) is 0. The van der Waals surface area contributed by atoms with Crippen LogP contribution in [0, 0.1) is 0 Å². The highest BCUT2D eigenvalue weighted by molar-refractivity contribution is 14.1. The minimum Gasteiger partial charge on any atom is -0.399 e. The van der Waals surface area contributed by atoms with Crippen LogP contribution in [-0.2, 0) is 0 Å². The largest absolute Gasteiger partial charge is 0.399 e. The van der Waals surface area contributed by atoms with Gasteiger partial charge in [-0.3, -0.25) is 0 Å². The maximum absolute atomic E-state index is 5.74. The Morgan fingerprint density at radius 2 is 2.38 bits per heavy atom. The Hall–Kier alpha value is -0.450. The standard InChI is InChI=1S/C10H13IN2/c1-6(11)10-5-7-4-8(12)2-3-9(7)13-10/h2,4-6,9,13H,3,12H2,1H3. The summed E-state index contributed by atoms with van der Waals surface area (Å²) in [5, 5.41) is 3.50. The maximum Gasteiger partial charge on any atom is 0.0547 e. The van der Waals surface area contributed by atoms with Crippen LogP contribution in [-0.4, -0.2) is 9.97 Å². The van der Waals surface area contributed by atoms with Gasteiger partial charge in [0.2, 0.25) is 0 Å². The predicted octanol–water partition coefficient (Wildman–Crippen LogP) is 1.84. The minimum absolute atomic E-state index is 0.472. The maximum atomic E-state index is 5.74. The van der Waals surface area contributed by atoms with Gasteiger partial charge >= 0.3 is 0 Å². The second-order valence-electron chi connectivity index (χ2n) is 3.50. The van der Waals surface area contributed by atoms with Crippen molar-refractivity contribution in [3.05, 3.63) is 35.2 Å². The van der Waals surface area contributed by atoms with E-state index in [1.54, 1.807) is 0 Å². The molecule has 2 rings (SSSR count). The van der Waals surface area contributed by atoms with Crippen LogP contribution in [0.25, 0.3) is 0 Å². The highest BCUT2D eigenvalue weighted by atomic mass is 127.